The van der Waals surface area contributed by atoms with Crippen LogP contribution in [0.2, 0.25) is 5.02 Å². The van der Waals surface area contributed by atoms with E-state index in [1.165, 1.54) is 32.0 Å². The van der Waals surface area contributed by atoms with Gasteiger partial charge in [-0.2, -0.15) is 0 Å². The van der Waals surface area contributed by atoms with Gasteiger partial charge in [-0.1, -0.05) is 17.7 Å². The number of halogens is 2. The van der Waals surface area contributed by atoms with Crippen molar-refractivity contribution in [3.8, 4) is 0 Å². The molecule has 0 aliphatic carbocycles. The number of carbonyl (C=O) groups excluding carboxylic acids is 1. The van der Waals surface area contributed by atoms with E-state index in [1.807, 2.05) is 25.1 Å². The van der Waals surface area contributed by atoms with Gasteiger partial charge in [-0.05, 0) is 88.0 Å². The molecule has 0 bridgehead atoms. The maximum atomic E-state index is 14.0. The van der Waals surface area contributed by atoms with Crippen LogP contribution in [0.5, 0.6) is 0 Å². The third kappa shape index (κ3) is 5.57. The number of piperidine rings is 1. The highest BCUT2D eigenvalue weighted by molar-refractivity contribution is 6.30. The fourth-order valence-electron chi connectivity index (χ4n) is 5.22. The highest BCUT2D eigenvalue weighted by Gasteiger charge is 2.27. The quantitative estimate of drug-likeness (QED) is 0.498. The second kappa shape index (κ2) is 10.5. The van der Waals surface area contributed by atoms with Gasteiger partial charge in [0.05, 0.1) is 11.2 Å². The second-order valence-corrected chi connectivity index (χ2v) is 10.0. The number of anilines is 2. The average Bonchev–Trinajstić information content (AvgIpc) is 3.39. The predicted octanol–water partition coefficient (Wildman–Crippen LogP) is 5.37. The first-order chi connectivity index (χ1) is 17.0. The van der Waals surface area contributed by atoms with Crippen molar-refractivity contribution in [1.82, 2.24) is 14.9 Å². The molecule has 3 heterocycles. The summed E-state index contributed by atoms with van der Waals surface area (Å²) in [6.07, 6.45) is 5.46. The van der Waals surface area contributed by atoms with Crippen molar-refractivity contribution in [2.24, 2.45) is 0 Å². The summed E-state index contributed by atoms with van der Waals surface area (Å²) >= 11 is 5.80. The third-order valence-corrected chi connectivity index (χ3v) is 7.43. The molecule has 0 unspecified atom stereocenters. The Balaban J connectivity index is 1.22. The van der Waals surface area contributed by atoms with E-state index in [-0.39, 0.29) is 18.1 Å². The molecule has 2 fully saturated rings. The fraction of sp³-hybridized carbons (Fsp3) is 0.444. The summed E-state index contributed by atoms with van der Waals surface area (Å²) in [7, 11) is 0. The molecule has 2 aromatic carbocycles. The molecule has 1 aromatic heterocycles. The molecule has 8 heteroatoms. The van der Waals surface area contributed by atoms with E-state index < -0.39 is 0 Å². The third-order valence-electron chi connectivity index (χ3n) is 7.20. The van der Waals surface area contributed by atoms with E-state index >= 15 is 0 Å². The number of nitrogens with zero attached hydrogens (tertiary/aromatic N) is 4. The second-order valence-electron chi connectivity index (χ2n) is 9.59. The number of nitrogens with one attached hydrogen (secondary N) is 1. The number of aryl methyl sites for hydroxylation is 2. The molecule has 35 heavy (non-hydrogen) atoms. The van der Waals surface area contributed by atoms with Gasteiger partial charge in [0, 0.05) is 41.6 Å². The molecule has 2 aliphatic rings. The lowest BCUT2D eigenvalue weighted by atomic mass is 10.0. The molecule has 0 saturated carbocycles. The monoisotopic (exact) mass is 495 g/mol. The van der Waals surface area contributed by atoms with Crippen molar-refractivity contribution in [2.75, 3.05) is 36.4 Å². The average molecular weight is 496 g/mol. The van der Waals surface area contributed by atoms with Crippen LogP contribution in [0.3, 0.4) is 0 Å². The van der Waals surface area contributed by atoms with Crippen LogP contribution in [0.25, 0.3) is 10.9 Å². The first-order valence-electron chi connectivity index (χ1n) is 12.5. The van der Waals surface area contributed by atoms with Gasteiger partial charge in [0.2, 0.25) is 11.9 Å². The summed E-state index contributed by atoms with van der Waals surface area (Å²) in [4.78, 5) is 27.0. The van der Waals surface area contributed by atoms with Crippen LogP contribution in [0, 0.1) is 12.7 Å². The molecule has 2 saturated heterocycles. The standard InChI is InChI=1S/C27H31ClFN5O/c1-18-23-17-21(31-26(35)9-5-19-4-6-20(28)16-24(19)29)7-8-25(23)32-27(30-18)34-14-10-22(11-15-34)33-12-2-3-13-33/h4,6-8,16-17,22H,2-3,5,9-15H2,1H3,(H,31,35). The van der Waals surface area contributed by atoms with Crippen LogP contribution < -0.4 is 10.2 Å². The van der Waals surface area contributed by atoms with E-state index in [0.29, 0.717) is 28.7 Å². The number of aromatic nitrogens is 2. The first kappa shape index (κ1) is 23.9. The molecule has 2 aliphatic heterocycles. The number of likely N-dealkylation sites (tertiary alicyclic amines) is 1. The zero-order chi connectivity index (χ0) is 24.4. The van der Waals surface area contributed by atoms with Crippen molar-refractivity contribution in [1.29, 1.82) is 0 Å². The predicted molar refractivity (Wildman–Crippen MR) is 139 cm³/mol. The molecular weight excluding hydrogens is 465 g/mol. The van der Waals surface area contributed by atoms with Crippen LogP contribution in [0.4, 0.5) is 16.0 Å². The lowest BCUT2D eigenvalue weighted by Gasteiger charge is -2.36. The van der Waals surface area contributed by atoms with E-state index in [1.54, 1.807) is 12.1 Å². The number of carbonyl (C=O) groups is 1. The minimum Gasteiger partial charge on any atom is -0.341 e. The summed E-state index contributed by atoms with van der Waals surface area (Å²) in [6.45, 7) is 6.43. The van der Waals surface area contributed by atoms with E-state index in [9.17, 15) is 9.18 Å². The van der Waals surface area contributed by atoms with Crippen LogP contribution in [-0.2, 0) is 11.2 Å². The number of amides is 1. The lowest BCUT2D eigenvalue weighted by molar-refractivity contribution is -0.116. The van der Waals surface area contributed by atoms with Crippen molar-refractivity contribution in [3.63, 3.8) is 0 Å². The Kier molecular flexibility index (Phi) is 7.16. The number of hydrogen-bond donors (Lipinski definition) is 1. The van der Waals surface area contributed by atoms with Gasteiger partial charge in [0.1, 0.15) is 5.82 Å². The van der Waals surface area contributed by atoms with E-state index in [4.69, 9.17) is 21.6 Å². The molecule has 184 valence electrons. The van der Waals surface area contributed by atoms with Crippen LogP contribution >= 0.6 is 11.6 Å². The molecular formula is C27H31ClFN5O. The first-order valence-corrected chi connectivity index (χ1v) is 12.9. The van der Waals surface area contributed by atoms with Gasteiger partial charge in [-0.3, -0.25) is 4.79 Å². The van der Waals surface area contributed by atoms with Gasteiger partial charge in [0.25, 0.3) is 0 Å². The van der Waals surface area contributed by atoms with Crippen LogP contribution in [0.15, 0.2) is 36.4 Å². The Labute approximate surface area is 210 Å². The zero-order valence-electron chi connectivity index (χ0n) is 20.1. The van der Waals surface area contributed by atoms with Crippen molar-refractivity contribution >= 4 is 40.0 Å². The molecule has 3 aromatic rings. The summed E-state index contributed by atoms with van der Waals surface area (Å²) < 4.78 is 14.0. The number of fused-ring (bicyclic) bond motifs is 1. The summed E-state index contributed by atoms with van der Waals surface area (Å²) in [6, 6.07) is 10.9. The van der Waals surface area contributed by atoms with Crippen molar-refractivity contribution < 1.29 is 9.18 Å². The molecule has 0 atom stereocenters. The van der Waals surface area contributed by atoms with Gasteiger partial charge in [0.15, 0.2) is 0 Å². The molecule has 1 amide bonds. The summed E-state index contributed by atoms with van der Waals surface area (Å²) in [5.74, 6) is 0.228. The van der Waals surface area contributed by atoms with Gasteiger partial charge >= 0.3 is 0 Å². The highest BCUT2D eigenvalue weighted by Crippen LogP contribution is 2.27. The van der Waals surface area contributed by atoms with Crippen molar-refractivity contribution in [2.45, 2.75) is 51.5 Å². The topological polar surface area (TPSA) is 61.4 Å². The normalized spacial score (nSPS) is 17.3. The Hall–Kier alpha value is -2.77. The maximum absolute atomic E-state index is 14.0. The number of rotatable bonds is 6. The number of hydrogen-bond acceptors (Lipinski definition) is 5. The van der Waals surface area contributed by atoms with Gasteiger partial charge < -0.3 is 15.1 Å². The van der Waals surface area contributed by atoms with Gasteiger partial charge in [-0.25, -0.2) is 14.4 Å². The van der Waals surface area contributed by atoms with E-state index in [0.717, 1.165) is 48.5 Å². The van der Waals surface area contributed by atoms with Crippen LogP contribution in [-0.4, -0.2) is 53.0 Å². The maximum Gasteiger partial charge on any atom is 0.226 e. The smallest absolute Gasteiger partial charge is 0.226 e. The largest absolute Gasteiger partial charge is 0.341 e. The molecule has 5 rings (SSSR count). The fourth-order valence-corrected chi connectivity index (χ4v) is 5.38. The Morgan fingerprint density at radius 1 is 1.09 bits per heavy atom. The molecule has 0 spiro atoms. The van der Waals surface area contributed by atoms with E-state index in [2.05, 4.69) is 15.1 Å². The molecule has 6 nitrogen and oxygen atoms in total. The molecule has 0 radical (unpaired) electrons. The summed E-state index contributed by atoms with van der Waals surface area (Å²) in [5, 5.41) is 4.18. The lowest BCUT2D eigenvalue weighted by Crippen LogP contribution is -2.44. The SMILES string of the molecule is Cc1nc(N2CCC(N3CCCC3)CC2)nc2ccc(NC(=O)CCc3ccc(Cl)cc3F)cc12. The minimum atomic E-state index is -0.389. The Morgan fingerprint density at radius 2 is 1.86 bits per heavy atom. The molecule has 1 N–H and O–H groups in total. The van der Waals surface area contributed by atoms with Gasteiger partial charge in [-0.15, -0.1) is 0 Å². The van der Waals surface area contributed by atoms with Crippen molar-refractivity contribution in [3.05, 3.63) is 58.5 Å². The van der Waals surface area contributed by atoms with Crippen LogP contribution in [0.1, 0.15) is 43.4 Å². The minimum absolute atomic E-state index is 0.172. The Morgan fingerprint density at radius 3 is 2.60 bits per heavy atom. The Bertz CT molecular complexity index is 1220. The summed E-state index contributed by atoms with van der Waals surface area (Å²) in [5.41, 5.74) is 2.93. The number of benzene rings is 2. The zero-order valence-corrected chi connectivity index (χ0v) is 20.8. The highest BCUT2D eigenvalue weighted by atomic mass is 35.5.